The van der Waals surface area contributed by atoms with E-state index in [1.807, 2.05) is 0 Å². The molecule has 2 rings (SSSR count). The predicted octanol–water partition coefficient (Wildman–Crippen LogP) is 3.27. The molecule has 0 bridgehead atoms. The Kier molecular flexibility index (Phi) is 4.61. The zero-order valence-corrected chi connectivity index (χ0v) is 11.9. The molecule has 1 aliphatic carbocycles. The molecule has 1 aromatic rings. The molecule has 9 heteroatoms. The zero-order valence-electron chi connectivity index (χ0n) is 11.9. The molecule has 0 amide bonds. The van der Waals surface area contributed by atoms with Crippen LogP contribution in [0.2, 0.25) is 0 Å². The van der Waals surface area contributed by atoms with E-state index >= 15 is 0 Å². The SMILES string of the molecule is COC1CC(=O)C[C@H](C(F)(F)C(F)(F)F)[C@H]1C(=O)c1ccco1. The van der Waals surface area contributed by atoms with E-state index in [0.717, 1.165) is 19.4 Å². The van der Waals surface area contributed by atoms with Crippen molar-refractivity contribution < 1.29 is 40.7 Å². The summed E-state index contributed by atoms with van der Waals surface area (Å²) in [5.74, 6) is -11.8. The summed E-state index contributed by atoms with van der Waals surface area (Å²) in [5.41, 5.74) is 0. The van der Waals surface area contributed by atoms with Crippen molar-refractivity contribution in [3.8, 4) is 0 Å². The van der Waals surface area contributed by atoms with Gasteiger partial charge in [-0.3, -0.25) is 9.59 Å². The van der Waals surface area contributed by atoms with Gasteiger partial charge in [-0.15, -0.1) is 0 Å². The predicted molar refractivity (Wildman–Crippen MR) is 66.1 cm³/mol. The van der Waals surface area contributed by atoms with E-state index in [1.165, 1.54) is 6.07 Å². The smallest absolute Gasteiger partial charge is 0.453 e. The average molecular weight is 340 g/mol. The second-order valence-corrected chi connectivity index (χ2v) is 5.32. The highest BCUT2D eigenvalue weighted by Crippen LogP contribution is 2.49. The highest BCUT2D eigenvalue weighted by Gasteiger charge is 2.67. The fourth-order valence-corrected chi connectivity index (χ4v) is 2.79. The summed E-state index contributed by atoms with van der Waals surface area (Å²) >= 11 is 0. The maximum atomic E-state index is 13.8. The minimum Gasteiger partial charge on any atom is -0.461 e. The Morgan fingerprint density at radius 3 is 2.39 bits per heavy atom. The highest BCUT2D eigenvalue weighted by molar-refractivity contribution is 5.97. The molecule has 0 spiro atoms. The number of furan rings is 1. The van der Waals surface area contributed by atoms with E-state index in [0.29, 0.717) is 0 Å². The van der Waals surface area contributed by atoms with Crippen molar-refractivity contribution in [3.63, 3.8) is 0 Å². The lowest BCUT2D eigenvalue weighted by Crippen LogP contribution is -2.54. The molecule has 0 aromatic carbocycles. The van der Waals surface area contributed by atoms with Crippen molar-refractivity contribution in [1.82, 2.24) is 0 Å². The second kappa shape index (κ2) is 6.03. The van der Waals surface area contributed by atoms with Crippen molar-refractivity contribution >= 4 is 11.6 Å². The lowest BCUT2D eigenvalue weighted by molar-refractivity contribution is -0.310. The number of ketones is 2. The standard InChI is InChI=1S/C14H13F5O4/c1-22-10-6-7(20)5-8(13(15,16)14(17,18)19)11(10)12(21)9-3-2-4-23-9/h2-4,8,10-11H,5-6H2,1H3/t8-,10?,11+/m0/s1. The van der Waals surface area contributed by atoms with Gasteiger partial charge in [-0.2, -0.15) is 22.0 Å². The van der Waals surface area contributed by atoms with Gasteiger partial charge in [0.25, 0.3) is 0 Å². The first-order valence-electron chi connectivity index (χ1n) is 6.66. The van der Waals surface area contributed by atoms with E-state index in [-0.39, 0.29) is 5.76 Å². The van der Waals surface area contributed by atoms with Crippen molar-refractivity contribution in [3.05, 3.63) is 24.2 Å². The van der Waals surface area contributed by atoms with Gasteiger partial charge in [0, 0.05) is 20.0 Å². The molecule has 128 valence electrons. The summed E-state index contributed by atoms with van der Waals surface area (Å²) in [6.45, 7) is 0. The molecule has 3 atom stereocenters. The van der Waals surface area contributed by atoms with Gasteiger partial charge in [-0.1, -0.05) is 0 Å². The van der Waals surface area contributed by atoms with Gasteiger partial charge >= 0.3 is 12.1 Å². The van der Waals surface area contributed by atoms with Crippen LogP contribution in [0.1, 0.15) is 23.4 Å². The lowest BCUT2D eigenvalue weighted by atomic mass is 9.70. The van der Waals surface area contributed by atoms with Crippen LogP contribution < -0.4 is 0 Å². The van der Waals surface area contributed by atoms with Crippen LogP contribution in [0.3, 0.4) is 0 Å². The van der Waals surface area contributed by atoms with E-state index < -0.39 is 54.4 Å². The van der Waals surface area contributed by atoms with Gasteiger partial charge in [0.05, 0.1) is 24.2 Å². The van der Waals surface area contributed by atoms with Gasteiger partial charge in [-0.05, 0) is 12.1 Å². The number of halogens is 5. The number of carbonyl (C=O) groups is 2. The fraction of sp³-hybridized carbons (Fsp3) is 0.571. The number of ether oxygens (including phenoxy) is 1. The third kappa shape index (κ3) is 3.15. The third-order valence-electron chi connectivity index (χ3n) is 3.92. The van der Waals surface area contributed by atoms with Crippen molar-refractivity contribution in [2.24, 2.45) is 11.8 Å². The summed E-state index contributed by atoms with van der Waals surface area (Å²) in [6.07, 6.45) is -7.61. The van der Waals surface area contributed by atoms with Crippen LogP contribution in [0.25, 0.3) is 0 Å². The van der Waals surface area contributed by atoms with Gasteiger partial charge in [-0.25, -0.2) is 0 Å². The highest BCUT2D eigenvalue weighted by atomic mass is 19.4. The minimum atomic E-state index is -5.88. The average Bonchev–Trinajstić information content (AvgIpc) is 2.98. The zero-order chi connectivity index (χ0) is 17.4. The Morgan fingerprint density at radius 2 is 1.91 bits per heavy atom. The van der Waals surface area contributed by atoms with E-state index in [1.54, 1.807) is 0 Å². The van der Waals surface area contributed by atoms with Crippen LogP contribution in [0.15, 0.2) is 22.8 Å². The summed E-state index contributed by atoms with van der Waals surface area (Å²) in [5, 5.41) is 0. The molecule has 0 saturated heterocycles. The molecule has 1 aromatic heterocycles. The molecule has 1 fully saturated rings. The number of rotatable bonds is 4. The first-order valence-corrected chi connectivity index (χ1v) is 6.66. The Hall–Kier alpha value is -1.77. The maximum Gasteiger partial charge on any atom is 0.453 e. The summed E-state index contributed by atoms with van der Waals surface area (Å²) in [6, 6.07) is 2.47. The third-order valence-corrected chi connectivity index (χ3v) is 3.92. The molecule has 1 heterocycles. The van der Waals surface area contributed by atoms with Crippen LogP contribution in [0.5, 0.6) is 0 Å². The van der Waals surface area contributed by atoms with Gasteiger partial charge in [0.2, 0.25) is 5.78 Å². The molecule has 0 N–H and O–H groups in total. The molecule has 1 saturated carbocycles. The minimum absolute atomic E-state index is 0.352. The molecule has 0 radical (unpaired) electrons. The van der Waals surface area contributed by atoms with E-state index in [2.05, 4.69) is 0 Å². The lowest BCUT2D eigenvalue weighted by Gasteiger charge is -2.39. The summed E-state index contributed by atoms with van der Waals surface area (Å²) in [7, 11) is 1.05. The van der Waals surface area contributed by atoms with Crippen LogP contribution in [-0.4, -0.2) is 36.9 Å². The maximum absolute atomic E-state index is 13.8. The summed E-state index contributed by atoms with van der Waals surface area (Å²) < 4.78 is 75.5. The molecule has 4 nitrogen and oxygen atoms in total. The first-order chi connectivity index (χ1) is 10.6. The van der Waals surface area contributed by atoms with Gasteiger partial charge in [0.15, 0.2) is 5.76 Å². The molecule has 1 aliphatic rings. The molecule has 23 heavy (non-hydrogen) atoms. The van der Waals surface area contributed by atoms with Crippen molar-refractivity contribution in [2.45, 2.75) is 31.0 Å². The number of alkyl halides is 5. The normalized spacial score (nSPS) is 26.3. The Morgan fingerprint density at radius 1 is 1.26 bits per heavy atom. The van der Waals surface area contributed by atoms with Crippen LogP contribution in [-0.2, 0) is 9.53 Å². The van der Waals surface area contributed by atoms with E-state index in [4.69, 9.17) is 9.15 Å². The van der Waals surface area contributed by atoms with Gasteiger partial charge in [0.1, 0.15) is 5.78 Å². The number of hydrogen-bond acceptors (Lipinski definition) is 4. The van der Waals surface area contributed by atoms with Crippen LogP contribution >= 0.6 is 0 Å². The number of carbonyl (C=O) groups excluding carboxylic acids is 2. The fourth-order valence-electron chi connectivity index (χ4n) is 2.79. The Labute approximate surface area is 127 Å². The molecule has 1 unspecified atom stereocenters. The molecular weight excluding hydrogens is 327 g/mol. The number of Topliss-reactive ketones (excluding diaryl/α,β-unsaturated/α-hetero) is 2. The Balaban J connectivity index is 2.46. The number of methoxy groups -OCH3 is 1. The summed E-state index contributed by atoms with van der Waals surface area (Å²) in [4.78, 5) is 23.9. The van der Waals surface area contributed by atoms with E-state index in [9.17, 15) is 31.5 Å². The van der Waals surface area contributed by atoms with Crippen molar-refractivity contribution in [1.29, 1.82) is 0 Å². The topological polar surface area (TPSA) is 56.5 Å². The number of hydrogen-bond donors (Lipinski definition) is 0. The Bertz CT molecular complexity index is 578. The first kappa shape index (κ1) is 17.6. The van der Waals surface area contributed by atoms with Gasteiger partial charge < -0.3 is 9.15 Å². The molecular formula is C14H13F5O4. The monoisotopic (exact) mass is 340 g/mol. The van der Waals surface area contributed by atoms with Crippen molar-refractivity contribution in [2.75, 3.05) is 7.11 Å². The second-order valence-electron chi connectivity index (χ2n) is 5.32. The quantitative estimate of drug-likeness (QED) is 0.624. The molecule has 0 aliphatic heterocycles. The van der Waals surface area contributed by atoms with Crippen LogP contribution in [0, 0.1) is 11.8 Å². The van der Waals surface area contributed by atoms with Crippen LogP contribution in [0.4, 0.5) is 22.0 Å². The largest absolute Gasteiger partial charge is 0.461 e.